The van der Waals surface area contributed by atoms with Gasteiger partial charge in [-0.3, -0.25) is 9.69 Å². The zero-order valence-corrected chi connectivity index (χ0v) is 13.0. The van der Waals surface area contributed by atoms with Crippen LogP contribution < -0.4 is 0 Å². The van der Waals surface area contributed by atoms with Crippen molar-refractivity contribution in [3.63, 3.8) is 0 Å². The number of hydrogen-bond acceptors (Lipinski definition) is 2. The van der Waals surface area contributed by atoms with E-state index in [2.05, 4.69) is 6.92 Å². The molecule has 108 valence electrons. The highest BCUT2D eigenvalue weighted by molar-refractivity contribution is 7.80. The van der Waals surface area contributed by atoms with Crippen LogP contribution in [-0.2, 0) is 4.79 Å². The number of rotatable bonds is 11. The van der Waals surface area contributed by atoms with Gasteiger partial charge in [0.25, 0.3) is 5.91 Å². The summed E-state index contributed by atoms with van der Waals surface area (Å²) in [6.45, 7) is 3.05. The van der Waals surface area contributed by atoms with Crippen LogP contribution in [0.5, 0.6) is 0 Å². The molecule has 1 heterocycles. The number of carbonyl (C=O) groups is 1. The van der Waals surface area contributed by atoms with E-state index in [9.17, 15) is 4.79 Å². The number of amides is 1. The summed E-state index contributed by atoms with van der Waals surface area (Å²) in [6, 6.07) is 0. The van der Waals surface area contributed by atoms with E-state index in [-0.39, 0.29) is 5.91 Å². The Bertz CT molecular complexity index is 294. The molecule has 0 N–H and O–H groups in total. The molecular weight excluding hydrogens is 254 g/mol. The quantitative estimate of drug-likeness (QED) is 0.406. The van der Waals surface area contributed by atoms with Gasteiger partial charge < -0.3 is 0 Å². The lowest BCUT2D eigenvalue weighted by molar-refractivity contribution is -0.121. The number of carbonyl (C=O) groups excluding carboxylic acids is 1. The van der Waals surface area contributed by atoms with Gasteiger partial charge in [0.2, 0.25) is 0 Å². The maximum Gasteiger partial charge on any atom is 0.251 e. The summed E-state index contributed by atoms with van der Waals surface area (Å²) in [6.07, 6.45) is 16.5. The Balaban J connectivity index is 1.86. The lowest BCUT2D eigenvalue weighted by Crippen LogP contribution is -2.29. The first kappa shape index (κ1) is 16.4. The first-order valence-electron chi connectivity index (χ1n) is 7.79. The molecule has 2 nitrogen and oxygen atoms in total. The van der Waals surface area contributed by atoms with Crippen LogP contribution in [0.2, 0.25) is 0 Å². The molecule has 0 atom stereocenters. The predicted molar refractivity (Wildman–Crippen MR) is 85.3 cm³/mol. The average molecular weight is 281 g/mol. The molecule has 0 bridgehead atoms. The van der Waals surface area contributed by atoms with Crippen molar-refractivity contribution in [3.8, 4) is 0 Å². The zero-order valence-electron chi connectivity index (χ0n) is 12.2. The molecule has 0 aromatic carbocycles. The SMILES string of the molecule is CCCCCCCCCCCCN1C(=O)C=CC1=S. The molecular formula is C16H27NOS. The lowest BCUT2D eigenvalue weighted by atomic mass is 10.1. The fraction of sp³-hybridized carbons (Fsp3) is 0.750. The van der Waals surface area contributed by atoms with Gasteiger partial charge in [-0.1, -0.05) is 76.9 Å². The van der Waals surface area contributed by atoms with Crippen LogP contribution in [0.15, 0.2) is 12.2 Å². The molecule has 19 heavy (non-hydrogen) atoms. The Kier molecular flexibility index (Phi) is 8.72. The minimum absolute atomic E-state index is 0.0564. The van der Waals surface area contributed by atoms with Crippen LogP contribution >= 0.6 is 12.2 Å². The van der Waals surface area contributed by atoms with Crippen LogP contribution in [0.3, 0.4) is 0 Å². The van der Waals surface area contributed by atoms with E-state index in [1.807, 2.05) is 0 Å². The molecule has 0 fully saturated rings. The molecule has 0 spiro atoms. The molecule has 0 aromatic rings. The van der Waals surface area contributed by atoms with Crippen LogP contribution in [0.1, 0.15) is 71.1 Å². The fourth-order valence-corrected chi connectivity index (χ4v) is 2.66. The number of thiocarbonyl (C=S) groups is 1. The molecule has 0 radical (unpaired) electrons. The third-order valence-corrected chi connectivity index (χ3v) is 3.99. The Labute approximate surface area is 123 Å². The van der Waals surface area contributed by atoms with Crippen molar-refractivity contribution in [2.24, 2.45) is 0 Å². The van der Waals surface area contributed by atoms with Gasteiger partial charge in [-0.15, -0.1) is 0 Å². The average Bonchev–Trinajstić information content (AvgIpc) is 2.72. The molecule has 1 aliphatic rings. The minimum Gasteiger partial charge on any atom is -0.300 e. The number of nitrogens with zero attached hydrogens (tertiary/aromatic N) is 1. The van der Waals surface area contributed by atoms with Crippen molar-refractivity contribution >= 4 is 23.1 Å². The van der Waals surface area contributed by atoms with Gasteiger partial charge in [-0.2, -0.15) is 0 Å². The Morgan fingerprint density at radius 1 is 0.895 bits per heavy atom. The Morgan fingerprint density at radius 3 is 1.89 bits per heavy atom. The molecule has 0 unspecified atom stereocenters. The molecule has 1 aliphatic heterocycles. The smallest absolute Gasteiger partial charge is 0.251 e. The van der Waals surface area contributed by atoms with Gasteiger partial charge >= 0.3 is 0 Å². The van der Waals surface area contributed by atoms with Crippen molar-refractivity contribution in [1.82, 2.24) is 4.90 Å². The third kappa shape index (κ3) is 6.86. The molecule has 0 aliphatic carbocycles. The summed E-state index contributed by atoms with van der Waals surface area (Å²) in [5.74, 6) is 0.0564. The summed E-state index contributed by atoms with van der Waals surface area (Å²) in [4.78, 5) is 13.8. The fourth-order valence-electron chi connectivity index (χ4n) is 2.41. The highest BCUT2D eigenvalue weighted by atomic mass is 32.1. The van der Waals surface area contributed by atoms with Crippen LogP contribution in [-0.4, -0.2) is 22.3 Å². The molecule has 0 saturated carbocycles. The maximum absolute atomic E-state index is 11.4. The second-order valence-electron chi connectivity index (χ2n) is 5.34. The molecule has 3 heteroatoms. The number of hydrogen-bond donors (Lipinski definition) is 0. The monoisotopic (exact) mass is 281 g/mol. The summed E-state index contributed by atoms with van der Waals surface area (Å²) in [5.41, 5.74) is 0. The van der Waals surface area contributed by atoms with E-state index in [1.165, 1.54) is 57.8 Å². The van der Waals surface area contributed by atoms with Gasteiger partial charge in [0.05, 0.1) is 0 Å². The minimum atomic E-state index is 0.0564. The van der Waals surface area contributed by atoms with E-state index in [0.717, 1.165) is 13.0 Å². The van der Waals surface area contributed by atoms with E-state index < -0.39 is 0 Å². The Hall–Kier alpha value is -0.700. The van der Waals surface area contributed by atoms with Crippen molar-refractivity contribution in [1.29, 1.82) is 0 Å². The normalized spacial score (nSPS) is 14.7. The Morgan fingerprint density at radius 2 is 1.42 bits per heavy atom. The third-order valence-electron chi connectivity index (χ3n) is 3.64. The van der Waals surface area contributed by atoms with Crippen molar-refractivity contribution in [3.05, 3.63) is 12.2 Å². The number of unbranched alkanes of at least 4 members (excludes halogenated alkanes) is 9. The van der Waals surface area contributed by atoms with Crippen LogP contribution in [0.25, 0.3) is 0 Å². The molecule has 1 rings (SSSR count). The zero-order chi connectivity index (χ0) is 13.9. The largest absolute Gasteiger partial charge is 0.300 e. The summed E-state index contributed by atoms with van der Waals surface area (Å²) in [5, 5.41) is 0. The second kappa shape index (κ2) is 10.1. The summed E-state index contributed by atoms with van der Waals surface area (Å²) >= 11 is 5.11. The van der Waals surface area contributed by atoms with Crippen molar-refractivity contribution < 1.29 is 4.79 Å². The van der Waals surface area contributed by atoms with E-state index in [4.69, 9.17) is 12.2 Å². The van der Waals surface area contributed by atoms with E-state index >= 15 is 0 Å². The van der Waals surface area contributed by atoms with E-state index in [1.54, 1.807) is 17.1 Å². The standard InChI is InChI=1S/C16H27NOS/c1-2-3-4-5-6-7-8-9-10-11-14-17-15(18)12-13-16(17)19/h12-13H,2-11,14H2,1H3. The maximum atomic E-state index is 11.4. The second-order valence-corrected chi connectivity index (χ2v) is 5.76. The van der Waals surface area contributed by atoms with Crippen molar-refractivity contribution in [2.45, 2.75) is 71.1 Å². The van der Waals surface area contributed by atoms with Gasteiger partial charge in [0.1, 0.15) is 4.99 Å². The van der Waals surface area contributed by atoms with Crippen LogP contribution in [0, 0.1) is 0 Å². The highest BCUT2D eigenvalue weighted by Gasteiger charge is 2.18. The molecule has 0 saturated heterocycles. The van der Waals surface area contributed by atoms with Crippen molar-refractivity contribution in [2.75, 3.05) is 6.54 Å². The first-order chi connectivity index (χ1) is 9.25. The molecule has 1 amide bonds. The highest BCUT2D eigenvalue weighted by Crippen LogP contribution is 2.12. The summed E-state index contributed by atoms with van der Waals surface area (Å²) in [7, 11) is 0. The van der Waals surface area contributed by atoms with Gasteiger partial charge in [0, 0.05) is 12.6 Å². The van der Waals surface area contributed by atoms with Gasteiger partial charge in [0.15, 0.2) is 0 Å². The molecule has 0 aromatic heterocycles. The topological polar surface area (TPSA) is 20.3 Å². The predicted octanol–water partition coefficient (Wildman–Crippen LogP) is 4.63. The summed E-state index contributed by atoms with van der Waals surface area (Å²) < 4.78 is 0. The lowest BCUT2D eigenvalue weighted by Gasteiger charge is -2.15. The van der Waals surface area contributed by atoms with Gasteiger partial charge in [-0.25, -0.2) is 0 Å². The van der Waals surface area contributed by atoms with E-state index in [0.29, 0.717) is 4.99 Å². The van der Waals surface area contributed by atoms with Gasteiger partial charge in [-0.05, 0) is 12.5 Å². The van der Waals surface area contributed by atoms with Crippen LogP contribution in [0.4, 0.5) is 0 Å². The first-order valence-corrected chi connectivity index (χ1v) is 8.20.